The zero-order chi connectivity index (χ0) is 9.42. The average molecular weight is 177 g/mol. The van der Waals surface area contributed by atoms with Gasteiger partial charge in [0.25, 0.3) is 5.56 Å². The van der Waals surface area contributed by atoms with Gasteiger partial charge < -0.3 is 5.73 Å². The largest absolute Gasteiger partial charge is 0.382 e. The predicted octanol–water partition coefficient (Wildman–Crippen LogP) is -0.625. The van der Waals surface area contributed by atoms with Crippen LogP contribution in [0.1, 0.15) is 5.69 Å². The molecule has 6 heteroatoms. The molecular weight excluding hydrogens is 170 g/mol. The molecule has 0 aliphatic carbocycles. The van der Waals surface area contributed by atoms with Crippen molar-refractivity contribution in [2.24, 2.45) is 0 Å². The van der Waals surface area contributed by atoms with Crippen molar-refractivity contribution in [3.05, 3.63) is 28.2 Å². The molecule has 66 valence electrons. The topological polar surface area (TPSA) is 86.2 Å². The second-order valence-electron chi connectivity index (χ2n) is 2.62. The third kappa shape index (κ3) is 1.12. The average Bonchev–Trinajstić information content (AvgIpc) is 2.12. The third-order valence-corrected chi connectivity index (χ3v) is 1.64. The summed E-state index contributed by atoms with van der Waals surface area (Å²) in [5.74, 6) is 0.280. The van der Waals surface area contributed by atoms with Crippen LogP contribution in [0.15, 0.2) is 16.9 Å². The second-order valence-corrected chi connectivity index (χ2v) is 2.62. The summed E-state index contributed by atoms with van der Waals surface area (Å²) in [7, 11) is 0. The first kappa shape index (κ1) is 7.66. The molecule has 0 bridgehead atoms. The summed E-state index contributed by atoms with van der Waals surface area (Å²) < 4.78 is 1.14. The molecule has 13 heavy (non-hydrogen) atoms. The highest BCUT2D eigenvalue weighted by Gasteiger charge is 2.02. The first-order chi connectivity index (χ1) is 6.18. The first-order valence-electron chi connectivity index (χ1n) is 3.67. The van der Waals surface area contributed by atoms with Crippen LogP contribution in [0.4, 0.5) is 5.82 Å². The van der Waals surface area contributed by atoms with Crippen molar-refractivity contribution in [3.63, 3.8) is 0 Å². The summed E-state index contributed by atoms with van der Waals surface area (Å²) in [5.41, 5.74) is 5.82. The van der Waals surface area contributed by atoms with Gasteiger partial charge in [0.15, 0.2) is 5.65 Å². The minimum Gasteiger partial charge on any atom is -0.382 e. The molecule has 2 aromatic heterocycles. The zero-order valence-electron chi connectivity index (χ0n) is 6.93. The molecule has 0 saturated heterocycles. The van der Waals surface area contributed by atoms with E-state index in [1.54, 1.807) is 19.1 Å². The van der Waals surface area contributed by atoms with Crippen LogP contribution in [-0.4, -0.2) is 19.8 Å². The summed E-state index contributed by atoms with van der Waals surface area (Å²) in [6.45, 7) is 1.58. The van der Waals surface area contributed by atoms with Crippen LogP contribution in [0.25, 0.3) is 5.65 Å². The maximum absolute atomic E-state index is 11.4. The fraction of sp³-hybridized carbons (Fsp3) is 0.143. The fourth-order valence-electron chi connectivity index (χ4n) is 0.978. The van der Waals surface area contributed by atoms with E-state index >= 15 is 0 Å². The van der Waals surface area contributed by atoms with Crippen molar-refractivity contribution in [2.45, 2.75) is 6.92 Å². The van der Waals surface area contributed by atoms with Crippen LogP contribution >= 0.6 is 0 Å². The Morgan fingerprint density at radius 2 is 2.15 bits per heavy atom. The molecule has 0 radical (unpaired) electrons. The number of fused-ring (bicyclic) bond motifs is 1. The van der Waals surface area contributed by atoms with Crippen LogP contribution in [0, 0.1) is 6.92 Å². The van der Waals surface area contributed by atoms with Gasteiger partial charge in [0, 0.05) is 0 Å². The number of nitrogens with zero attached hydrogens (tertiary/aromatic N) is 4. The summed E-state index contributed by atoms with van der Waals surface area (Å²) in [6, 6.07) is 3.16. The van der Waals surface area contributed by atoms with Crippen molar-refractivity contribution in [1.82, 2.24) is 19.8 Å². The van der Waals surface area contributed by atoms with E-state index < -0.39 is 0 Å². The summed E-state index contributed by atoms with van der Waals surface area (Å²) >= 11 is 0. The minimum absolute atomic E-state index is 0.280. The lowest BCUT2D eigenvalue weighted by Crippen LogP contribution is -2.22. The molecule has 0 aromatic carbocycles. The van der Waals surface area contributed by atoms with Crippen LogP contribution in [0.5, 0.6) is 0 Å². The van der Waals surface area contributed by atoms with Gasteiger partial charge in [-0.25, -0.2) is 0 Å². The number of anilines is 1. The molecule has 0 unspecified atom stereocenters. The number of nitrogens with two attached hydrogens (primary N) is 1. The number of aromatic nitrogens is 4. The molecule has 0 amide bonds. The van der Waals surface area contributed by atoms with E-state index in [1.807, 2.05) is 0 Å². The number of nitrogen functional groups attached to an aromatic ring is 1. The molecule has 0 aliphatic heterocycles. The van der Waals surface area contributed by atoms with Gasteiger partial charge in [-0.05, 0) is 19.1 Å². The summed E-state index contributed by atoms with van der Waals surface area (Å²) in [4.78, 5) is 11.4. The fourth-order valence-corrected chi connectivity index (χ4v) is 0.978. The van der Waals surface area contributed by atoms with Gasteiger partial charge in [-0.3, -0.25) is 4.79 Å². The van der Waals surface area contributed by atoms with E-state index in [0.717, 1.165) is 4.52 Å². The van der Waals surface area contributed by atoms with Crippen molar-refractivity contribution in [3.8, 4) is 0 Å². The van der Waals surface area contributed by atoms with Gasteiger partial charge in [-0.1, -0.05) is 0 Å². The molecule has 0 aliphatic rings. The van der Waals surface area contributed by atoms with E-state index in [2.05, 4.69) is 15.3 Å². The highest BCUT2D eigenvalue weighted by molar-refractivity contribution is 5.40. The molecule has 2 aromatic rings. The molecular formula is C7H7N5O. The quantitative estimate of drug-likeness (QED) is 0.579. The van der Waals surface area contributed by atoms with Gasteiger partial charge in [0.05, 0.1) is 0 Å². The highest BCUT2D eigenvalue weighted by Crippen LogP contribution is 1.97. The molecule has 0 saturated carbocycles. The maximum Gasteiger partial charge on any atom is 0.296 e. The lowest BCUT2D eigenvalue weighted by atomic mass is 10.5. The smallest absolute Gasteiger partial charge is 0.296 e. The molecule has 0 atom stereocenters. The van der Waals surface area contributed by atoms with Crippen molar-refractivity contribution >= 4 is 11.5 Å². The summed E-state index contributed by atoms with van der Waals surface area (Å²) in [5, 5.41) is 11.3. The Hall–Kier alpha value is -1.98. The third-order valence-electron chi connectivity index (χ3n) is 1.64. The monoisotopic (exact) mass is 177 g/mol. The van der Waals surface area contributed by atoms with Gasteiger partial charge in [-0.15, -0.1) is 15.3 Å². The molecule has 2 N–H and O–H groups in total. The highest BCUT2D eigenvalue weighted by atomic mass is 16.1. The van der Waals surface area contributed by atoms with Crippen LogP contribution in [0.3, 0.4) is 0 Å². The number of rotatable bonds is 0. The number of aryl methyl sites for hydroxylation is 1. The van der Waals surface area contributed by atoms with Gasteiger partial charge in [0.2, 0.25) is 0 Å². The Morgan fingerprint density at radius 3 is 2.92 bits per heavy atom. The van der Waals surface area contributed by atoms with Crippen LogP contribution in [-0.2, 0) is 0 Å². The second kappa shape index (κ2) is 2.51. The van der Waals surface area contributed by atoms with Gasteiger partial charge in [0.1, 0.15) is 11.5 Å². The van der Waals surface area contributed by atoms with Gasteiger partial charge in [-0.2, -0.15) is 4.52 Å². The first-order valence-corrected chi connectivity index (χ1v) is 3.67. The van der Waals surface area contributed by atoms with Crippen LogP contribution in [0.2, 0.25) is 0 Å². The zero-order valence-corrected chi connectivity index (χ0v) is 6.93. The van der Waals surface area contributed by atoms with Crippen LogP contribution < -0.4 is 11.3 Å². The molecule has 2 heterocycles. The van der Waals surface area contributed by atoms with E-state index in [0.29, 0.717) is 11.3 Å². The maximum atomic E-state index is 11.4. The molecule has 6 nitrogen and oxygen atoms in total. The SMILES string of the molecule is Cc1nnc2ccc(N)nn2c1=O. The van der Waals surface area contributed by atoms with Crippen molar-refractivity contribution < 1.29 is 0 Å². The molecule has 0 spiro atoms. The van der Waals surface area contributed by atoms with Gasteiger partial charge >= 0.3 is 0 Å². The number of hydrogen-bond donors (Lipinski definition) is 1. The van der Waals surface area contributed by atoms with E-state index in [4.69, 9.17) is 5.73 Å². The Labute approximate surface area is 73.0 Å². The normalized spacial score (nSPS) is 10.5. The van der Waals surface area contributed by atoms with E-state index in [-0.39, 0.29) is 11.4 Å². The number of hydrogen-bond acceptors (Lipinski definition) is 5. The standard InChI is InChI=1S/C7H7N5O/c1-4-7(13)12-6(10-9-4)3-2-5(8)11-12/h2-3H,1H3,(H2,8,11). The Bertz CT molecular complexity index is 513. The lowest BCUT2D eigenvalue weighted by molar-refractivity contribution is 0.807. The Kier molecular flexibility index (Phi) is 1.48. The summed E-state index contributed by atoms with van der Waals surface area (Å²) in [6.07, 6.45) is 0. The molecule has 0 fully saturated rings. The Balaban J connectivity index is 2.97. The van der Waals surface area contributed by atoms with Crippen molar-refractivity contribution in [2.75, 3.05) is 5.73 Å². The molecule has 2 rings (SSSR count). The van der Waals surface area contributed by atoms with E-state index in [9.17, 15) is 4.79 Å². The predicted molar refractivity (Wildman–Crippen MR) is 46.2 cm³/mol. The van der Waals surface area contributed by atoms with Crippen molar-refractivity contribution in [1.29, 1.82) is 0 Å². The lowest BCUT2D eigenvalue weighted by Gasteiger charge is -1.98. The minimum atomic E-state index is -0.294. The Morgan fingerprint density at radius 1 is 1.38 bits per heavy atom. The van der Waals surface area contributed by atoms with E-state index in [1.165, 1.54) is 0 Å².